The lowest BCUT2D eigenvalue weighted by molar-refractivity contribution is -0.153. The van der Waals surface area contributed by atoms with Crippen LogP contribution >= 0.6 is 0 Å². The van der Waals surface area contributed by atoms with E-state index in [2.05, 4.69) is 0 Å². The van der Waals surface area contributed by atoms with Gasteiger partial charge in [0.2, 0.25) is 0 Å². The molecule has 0 aliphatic heterocycles. The maximum absolute atomic E-state index is 12.2. The Hall–Kier alpha value is -3.55. The number of likely N-dealkylation sites (N-methyl/N-ethyl adjacent to an activating group) is 1. The van der Waals surface area contributed by atoms with Crippen molar-refractivity contribution in [3.05, 3.63) is 59.7 Å². The summed E-state index contributed by atoms with van der Waals surface area (Å²) in [7, 11) is 5.54. The predicted molar refractivity (Wildman–Crippen MR) is 109 cm³/mol. The summed E-state index contributed by atoms with van der Waals surface area (Å²) in [5.41, 5.74) is 7.44. The maximum Gasteiger partial charge on any atom is 0.344 e. The largest absolute Gasteiger partial charge is 0.481 e. The van der Waals surface area contributed by atoms with Crippen LogP contribution < -0.4 is 15.4 Å². The average Bonchev–Trinajstić information content (AvgIpc) is 2.70. The minimum absolute atomic E-state index is 0.163. The van der Waals surface area contributed by atoms with Crippen molar-refractivity contribution in [2.45, 2.75) is 6.54 Å². The van der Waals surface area contributed by atoms with Crippen LogP contribution in [0.3, 0.4) is 0 Å². The Morgan fingerprint density at radius 2 is 1.59 bits per heavy atom. The summed E-state index contributed by atoms with van der Waals surface area (Å²) in [6, 6.07) is 14.1. The number of hydrogen-bond donors (Lipinski definition) is 1. The van der Waals surface area contributed by atoms with Gasteiger partial charge in [-0.05, 0) is 29.8 Å². The molecule has 2 aromatic rings. The van der Waals surface area contributed by atoms with Gasteiger partial charge in [-0.2, -0.15) is 0 Å². The van der Waals surface area contributed by atoms with Gasteiger partial charge in [0, 0.05) is 33.4 Å². The minimum atomic E-state index is -0.721. The monoisotopic (exact) mass is 399 g/mol. The van der Waals surface area contributed by atoms with Crippen LogP contribution in [0, 0.1) is 0 Å². The Morgan fingerprint density at radius 1 is 0.931 bits per heavy atom. The van der Waals surface area contributed by atoms with Gasteiger partial charge in [0.05, 0.1) is 5.56 Å². The number of hydrogen-bond acceptors (Lipinski definition) is 6. The Bertz CT molecular complexity index is 865. The summed E-state index contributed by atoms with van der Waals surface area (Å²) >= 11 is 0. The van der Waals surface area contributed by atoms with Crippen LogP contribution in [0.1, 0.15) is 15.9 Å². The average molecular weight is 399 g/mol. The smallest absolute Gasteiger partial charge is 0.344 e. The van der Waals surface area contributed by atoms with Gasteiger partial charge in [0.25, 0.3) is 11.8 Å². The number of anilines is 1. The number of amides is 2. The number of benzene rings is 2. The second kappa shape index (κ2) is 10.1. The summed E-state index contributed by atoms with van der Waals surface area (Å²) in [5.74, 6) is -1.54. The molecule has 0 aliphatic carbocycles. The van der Waals surface area contributed by atoms with Crippen molar-refractivity contribution in [1.82, 2.24) is 4.90 Å². The van der Waals surface area contributed by atoms with E-state index >= 15 is 0 Å². The highest BCUT2D eigenvalue weighted by molar-refractivity contribution is 5.95. The van der Waals surface area contributed by atoms with Crippen LogP contribution in [0.25, 0.3) is 0 Å². The molecule has 0 spiro atoms. The molecule has 0 saturated carbocycles. The molecule has 0 radical (unpaired) electrons. The summed E-state index contributed by atoms with van der Waals surface area (Å²) in [6.07, 6.45) is 0. The van der Waals surface area contributed by atoms with E-state index in [1.807, 2.05) is 43.3 Å². The van der Waals surface area contributed by atoms with Crippen molar-refractivity contribution in [3.8, 4) is 5.75 Å². The molecule has 0 fully saturated rings. The predicted octanol–water partition coefficient (Wildman–Crippen LogP) is 1.43. The molecule has 0 aromatic heterocycles. The number of primary amides is 1. The molecule has 29 heavy (non-hydrogen) atoms. The minimum Gasteiger partial charge on any atom is -0.481 e. The first-order chi connectivity index (χ1) is 13.8. The van der Waals surface area contributed by atoms with Gasteiger partial charge in [-0.1, -0.05) is 24.3 Å². The molecule has 0 heterocycles. The molecule has 2 rings (SSSR count). The highest BCUT2D eigenvalue weighted by Crippen LogP contribution is 2.17. The number of ether oxygens (including phenoxy) is 2. The molecule has 0 unspecified atom stereocenters. The van der Waals surface area contributed by atoms with Crippen molar-refractivity contribution < 1.29 is 23.9 Å². The van der Waals surface area contributed by atoms with Crippen LogP contribution in [0.5, 0.6) is 5.75 Å². The third kappa shape index (κ3) is 6.53. The maximum atomic E-state index is 12.2. The number of esters is 1. The van der Waals surface area contributed by atoms with Crippen LogP contribution in [0.15, 0.2) is 48.5 Å². The Morgan fingerprint density at radius 3 is 2.21 bits per heavy atom. The molecule has 0 bridgehead atoms. The zero-order valence-corrected chi connectivity index (χ0v) is 16.8. The third-order valence-electron chi connectivity index (χ3n) is 4.15. The van der Waals surface area contributed by atoms with Crippen molar-refractivity contribution in [1.29, 1.82) is 0 Å². The summed E-state index contributed by atoms with van der Waals surface area (Å²) < 4.78 is 10.2. The molecule has 0 saturated heterocycles. The molecule has 0 atom stereocenters. The van der Waals surface area contributed by atoms with Crippen LogP contribution in [0.4, 0.5) is 5.69 Å². The van der Waals surface area contributed by atoms with Crippen molar-refractivity contribution in [2.75, 3.05) is 39.3 Å². The molecular weight excluding hydrogens is 374 g/mol. The molecule has 8 heteroatoms. The Kier molecular flexibility index (Phi) is 7.59. The fourth-order valence-electron chi connectivity index (χ4n) is 2.49. The van der Waals surface area contributed by atoms with Gasteiger partial charge >= 0.3 is 5.97 Å². The Labute approximate surface area is 169 Å². The van der Waals surface area contributed by atoms with E-state index in [9.17, 15) is 14.4 Å². The number of nitrogens with zero attached hydrogens (tertiary/aromatic N) is 2. The molecular formula is C21H25N3O5. The number of carbonyl (C=O) groups is 3. The topological polar surface area (TPSA) is 102 Å². The van der Waals surface area contributed by atoms with E-state index in [0.717, 1.165) is 11.3 Å². The lowest BCUT2D eigenvalue weighted by atomic mass is 10.2. The number of para-hydroxylation sites is 1. The fraction of sp³-hybridized carbons (Fsp3) is 0.286. The van der Waals surface area contributed by atoms with E-state index < -0.39 is 25.1 Å². The molecule has 2 amide bonds. The highest BCUT2D eigenvalue weighted by atomic mass is 16.6. The third-order valence-corrected chi connectivity index (χ3v) is 4.15. The van der Waals surface area contributed by atoms with Gasteiger partial charge in [-0.25, -0.2) is 4.79 Å². The number of nitrogens with two attached hydrogens (primary N) is 1. The van der Waals surface area contributed by atoms with Crippen molar-refractivity contribution in [3.63, 3.8) is 0 Å². The van der Waals surface area contributed by atoms with Crippen molar-refractivity contribution >= 4 is 23.5 Å². The normalized spacial score (nSPS) is 10.2. The summed E-state index contributed by atoms with van der Waals surface area (Å²) in [5, 5.41) is 0. The first kappa shape index (κ1) is 21.7. The standard InChI is InChI=1S/C21H25N3O5/c1-23(2)16-10-8-15(9-11-16)12-24(3)19(25)13-29-20(26)14-28-18-7-5-4-6-17(18)21(22)27/h4-11H,12-14H2,1-3H3,(H2,22,27). The van der Waals surface area contributed by atoms with E-state index in [4.69, 9.17) is 15.2 Å². The van der Waals surface area contributed by atoms with Crippen LogP contribution in [-0.4, -0.2) is 57.0 Å². The van der Waals surface area contributed by atoms with Gasteiger partial charge in [-0.15, -0.1) is 0 Å². The Balaban J connectivity index is 1.79. The van der Waals surface area contributed by atoms with Gasteiger partial charge in [0.15, 0.2) is 13.2 Å². The zero-order valence-electron chi connectivity index (χ0n) is 16.8. The quantitative estimate of drug-likeness (QED) is 0.640. The first-order valence-corrected chi connectivity index (χ1v) is 8.95. The number of rotatable bonds is 9. The molecule has 0 aliphatic rings. The summed E-state index contributed by atoms with van der Waals surface area (Å²) in [4.78, 5) is 38.8. The van der Waals surface area contributed by atoms with Gasteiger partial charge in [0.1, 0.15) is 5.75 Å². The highest BCUT2D eigenvalue weighted by Gasteiger charge is 2.15. The van der Waals surface area contributed by atoms with Crippen LogP contribution in [0.2, 0.25) is 0 Å². The van der Waals surface area contributed by atoms with E-state index in [0.29, 0.717) is 6.54 Å². The van der Waals surface area contributed by atoms with Gasteiger partial charge < -0.3 is 25.0 Å². The van der Waals surface area contributed by atoms with Crippen LogP contribution in [-0.2, 0) is 20.9 Å². The zero-order chi connectivity index (χ0) is 21.4. The number of carbonyl (C=O) groups excluding carboxylic acids is 3. The van der Waals surface area contributed by atoms with E-state index in [1.54, 1.807) is 19.2 Å². The van der Waals surface area contributed by atoms with Crippen molar-refractivity contribution in [2.24, 2.45) is 5.73 Å². The molecule has 8 nitrogen and oxygen atoms in total. The second-order valence-electron chi connectivity index (χ2n) is 6.62. The lowest BCUT2D eigenvalue weighted by Gasteiger charge is -2.18. The SMILES string of the molecule is CN(Cc1ccc(N(C)C)cc1)C(=O)COC(=O)COc1ccccc1C(N)=O. The second-order valence-corrected chi connectivity index (χ2v) is 6.62. The fourth-order valence-corrected chi connectivity index (χ4v) is 2.49. The summed E-state index contributed by atoms with van der Waals surface area (Å²) in [6.45, 7) is -0.439. The lowest BCUT2D eigenvalue weighted by Crippen LogP contribution is -2.31. The van der Waals surface area contributed by atoms with Gasteiger partial charge in [-0.3, -0.25) is 9.59 Å². The van der Waals surface area contributed by atoms with E-state index in [-0.39, 0.29) is 17.2 Å². The molecule has 2 N–H and O–H groups in total. The van der Waals surface area contributed by atoms with E-state index in [1.165, 1.54) is 17.0 Å². The molecule has 2 aromatic carbocycles. The first-order valence-electron chi connectivity index (χ1n) is 8.95. The molecule has 154 valence electrons.